The van der Waals surface area contributed by atoms with Crippen LogP contribution in [0.5, 0.6) is 0 Å². The topological polar surface area (TPSA) is 32.3 Å². The van der Waals surface area contributed by atoms with Gasteiger partial charge in [-0.15, -0.1) is 0 Å². The summed E-state index contributed by atoms with van der Waals surface area (Å²) in [5, 5.41) is 14.7. The van der Waals surface area contributed by atoms with Crippen molar-refractivity contribution in [3.8, 4) is 0 Å². The van der Waals surface area contributed by atoms with E-state index in [9.17, 15) is 5.11 Å². The van der Waals surface area contributed by atoms with E-state index in [1.54, 1.807) is 0 Å². The third kappa shape index (κ3) is 2.21. The Hall–Kier alpha value is -0.860. The third-order valence-corrected chi connectivity index (χ3v) is 5.09. The summed E-state index contributed by atoms with van der Waals surface area (Å²) in [5.41, 5.74) is 3.50. The number of hydrogen-bond donors (Lipinski definition) is 2. The lowest BCUT2D eigenvalue weighted by Gasteiger charge is -2.30. The van der Waals surface area contributed by atoms with Gasteiger partial charge in [0.05, 0.1) is 0 Å². The Morgan fingerprint density at radius 2 is 1.89 bits per heavy atom. The lowest BCUT2D eigenvalue weighted by Crippen LogP contribution is -2.41. The highest BCUT2D eigenvalue weighted by Crippen LogP contribution is 2.46. The summed E-state index contributed by atoms with van der Waals surface area (Å²) in [7, 11) is 0. The zero-order chi connectivity index (χ0) is 12.9. The molecule has 0 spiro atoms. The molecule has 102 valence electrons. The second-order valence-electron chi connectivity index (χ2n) is 6.69. The highest BCUT2D eigenvalue weighted by atomic mass is 16.3. The van der Waals surface area contributed by atoms with Crippen molar-refractivity contribution in [3.63, 3.8) is 0 Å². The molecule has 0 aliphatic heterocycles. The van der Waals surface area contributed by atoms with Crippen molar-refractivity contribution in [1.82, 2.24) is 5.32 Å². The molecular weight excluding hydrogens is 234 g/mol. The van der Waals surface area contributed by atoms with Gasteiger partial charge in [0.15, 0.2) is 0 Å². The van der Waals surface area contributed by atoms with Gasteiger partial charge in [0.2, 0.25) is 0 Å². The van der Waals surface area contributed by atoms with E-state index < -0.39 is 5.60 Å². The van der Waals surface area contributed by atoms with Gasteiger partial charge < -0.3 is 10.4 Å². The summed E-state index contributed by atoms with van der Waals surface area (Å²) < 4.78 is 0. The van der Waals surface area contributed by atoms with Crippen LogP contribution in [0, 0.1) is 5.92 Å². The molecule has 0 radical (unpaired) electrons. The van der Waals surface area contributed by atoms with E-state index >= 15 is 0 Å². The van der Waals surface area contributed by atoms with Gasteiger partial charge in [0, 0.05) is 12.6 Å². The van der Waals surface area contributed by atoms with E-state index in [-0.39, 0.29) is 0 Å². The molecule has 2 heteroatoms. The maximum absolute atomic E-state index is 11.2. The van der Waals surface area contributed by atoms with E-state index in [1.807, 2.05) is 0 Å². The smallest absolute Gasteiger partial charge is 0.105 e. The van der Waals surface area contributed by atoms with Gasteiger partial charge in [0.25, 0.3) is 0 Å². The molecular formula is C17H23NO. The Balaban J connectivity index is 1.61. The molecule has 1 unspecified atom stereocenters. The van der Waals surface area contributed by atoms with Gasteiger partial charge in [-0.3, -0.25) is 0 Å². The van der Waals surface area contributed by atoms with E-state index in [4.69, 9.17) is 0 Å². The first-order valence-corrected chi connectivity index (χ1v) is 7.84. The van der Waals surface area contributed by atoms with Crippen LogP contribution < -0.4 is 5.32 Å². The van der Waals surface area contributed by atoms with E-state index in [2.05, 4.69) is 23.5 Å². The molecule has 0 bridgehead atoms. The van der Waals surface area contributed by atoms with Crippen LogP contribution in [0.25, 0.3) is 0 Å². The molecule has 3 aliphatic rings. The van der Waals surface area contributed by atoms with Gasteiger partial charge in [-0.25, -0.2) is 0 Å². The lowest BCUT2D eigenvalue weighted by atomic mass is 9.87. The summed E-state index contributed by atoms with van der Waals surface area (Å²) in [6.45, 7) is 0.737. The molecule has 1 aromatic rings. The number of aryl methyl sites for hydroxylation is 2. The third-order valence-electron chi connectivity index (χ3n) is 5.09. The second-order valence-corrected chi connectivity index (χ2v) is 6.69. The number of rotatable bonds is 5. The fourth-order valence-corrected chi connectivity index (χ4v) is 3.47. The number of aliphatic hydroxyl groups is 1. The molecule has 3 aliphatic carbocycles. The van der Waals surface area contributed by atoms with Crippen molar-refractivity contribution < 1.29 is 5.11 Å². The predicted octanol–water partition coefficient (Wildman–Crippen LogP) is 2.52. The summed E-state index contributed by atoms with van der Waals surface area (Å²) in [6, 6.07) is 7.38. The van der Waals surface area contributed by atoms with Crippen molar-refractivity contribution in [2.45, 2.75) is 56.6 Å². The molecule has 0 heterocycles. The Bertz CT molecular complexity index is 490. The quantitative estimate of drug-likeness (QED) is 0.849. The average molecular weight is 257 g/mol. The number of benzene rings is 1. The van der Waals surface area contributed by atoms with Crippen molar-refractivity contribution >= 4 is 0 Å². The SMILES string of the molecule is OC(CNC1CC1)(c1ccc2c(c1)CCC2)C1CC1. The van der Waals surface area contributed by atoms with Crippen molar-refractivity contribution in [2.24, 2.45) is 5.92 Å². The molecule has 19 heavy (non-hydrogen) atoms. The number of hydrogen-bond acceptors (Lipinski definition) is 2. The first-order chi connectivity index (χ1) is 9.25. The molecule has 2 fully saturated rings. The standard InChI is InChI=1S/C17H23NO/c19-17(14-6-7-14,11-18-16-8-9-16)15-5-4-12-2-1-3-13(12)10-15/h4-5,10,14,16,18-19H,1-3,6-9,11H2. The molecule has 2 nitrogen and oxygen atoms in total. The zero-order valence-electron chi connectivity index (χ0n) is 11.5. The van der Waals surface area contributed by atoms with Gasteiger partial charge in [-0.2, -0.15) is 0 Å². The Morgan fingerprint density at radius 1 is 1.11 bits per heavy atom. The van der Waals surface area contributed by atoms with Crippen LogP contribution in [0.4, 0.5) is 0 Å². The minimum atomic E-state index is -0.625. The minimum absolute atomic E-state index is 0.471. The number of nitrogens with one attached hydrogen (secondary N) is 1. The van der Waals surface area contributed by atoms with Crippen molar-refractivity contribution in [2.75, 3.05) is 6.54 Å². The van der Waals surface area contributed by atoms with Gasteiger partial charge >= 0.3 is 0 Å². The predicted molar refractivity (Wildman–Crippen MR) is 76.1 cm³/mol. The lowest BCUT2D eigenvalue weighted by molar-refractivity contribution is 0.0131. The minimum Gasteiger partial charge on any atom is -0.384 e. The van der Waals surface area contributed by atoms with Crippen LogP contribution in [0.1, 0.15) is 48.8 Å². The van der Waals surface area contributed by atoms with E-state index in [0.717, 1.165) is 12.1 Å². The Labute approximate surface area is 115 Å². The van der Waals surface area contributed by atoms with Gasteiger partial charge in [0.1, 0.15) is 5.60 Å². The summed E-state index contributed by atoms with van der Waals surface area (Å²) in [6.07, 6.45) is 8.62. The van der Waals surface area contributed by atoms with Crippen molar-refractivity contribution in [3.05, 3.63) is 34.9 Å². The van der Waals surface area contributed by atoms with E-state index in [1.165, 1.54) is 56.1 Å². The first-order valence-electron chi connectivity index (χ1n) is 7.84. The first kappa shape index (κ1) is 11.9. The average Bonchev–Trinajstić information content (AvgIpc) is 3.32. The highest BCUT2D eigenvalue weighted by Gasteiger charge is 2.45. The van der Waals surface area contributed by atoms with Crippen LogP contribution in [0.3, 0.4) is 0 Å². The maximum atomic E-state index is 11.2. The van der Waals surface area contributed by atoms with Crippen LogP contribution in [0.15, 0.2) is 18.2 Å². The molecule has 0 saturated heterocycles. The van der Waals surface area contributed by atoms with Gasteiger partial charge in [-0.05, 0) is 67.6 Å². The molecule has 1 atom stereocenters. The zero-order valence-corrected chi connectivity index (χ0v) is 11.5. The second kappa shape index (κ2) is 4.32. The highest BCUT2D eigenvalue weighted by molar-refractivity contribution is 5.38. The number of fused-ring (bicyclic) bond motifs is 1. The Kier molecular flexibility index (Phi) is 2.71. The monoisotopic (exact) mass is 257 g/mol. The fourth-order valence-electron chi connectivity index (χ4n) is 3.47. The van der Waals surface area contributed by atoms with Crippen LogP contribution in [-0.4, -0.2) is 17.7 Å². The van der Waals surface area contributed by atoms with Crippen LogP contribution in [-0.2, 0) is 18.4 Å². The molecule has 4 rings (SSSR count). The normalized spacial score (nSPS) is 25.1. The van der Waals surface area contributed by atoms with E-state index in [0.29, 0.717) is 12.0 Å². The fraction of sp³-hybridized carbons (Fsp3) is 0.647. The summed E-state index contributed by atoms with van der Waals surface area (Å²) >= 11 is 0. The molecule has 0 amide bonds. The van der Waals surface area contributed by atoms with Crippen LogP contribution >= 0.6 is 0 Å². The molecule has 2 saturated carbocycles. The summed E-state index contributed by atoms with van der Waals surface area (Å²) in [5.74, 6) is 0.471. The maximum Gasteiger partial charge on any atom is 0.105 e. The largest absolute Gasteiger partial charge is 0.384 e. The summed E-state index contributed by atoms with van der Waals surface area (Å²) in [4.78, 5) is 0. The van der Waals surface area contributed by atoms with Crippen molar-refractivity contribution in [1.29, 1.82) is 0 Å². The van der Waals surface area contributed by atoms with Crippen LogP contribution in [0.2, 0.25) is 0 Å². The molecule has 2 N–H and O–H groups in total. The molecule has 0 aromatic heterocycles. The molecule has 1 aromatic carbocycles. The van der Waals surface area contributed by atoms with Gasteiger partial charge in [-0.1, -0.05) is 18.2 Å². The Morgan fingerprint density at radius 3 is 2.63 bits per heavy atom.